The van der Waals surface area contributed by atoms with E-state index in [1.54, 1.807) is 54.6 Å². The summed E-state index contributed by atoms with van der Waals surface area (Å²) in [6, 6.07) is 15.0. The number of ether oxygens (including phenoxy) is 3. The molecule has 0 saturated carbocycles. The number of nitrogens with one attached hydrogen (secondary N) is 1. The Labute approximate surface area is 173 Å². The van der Waals surface area contributed by atoms with E-state index in [1.165, 1.54) is 21.3 Å². The summed E-state index contributed by atoms with van der Waals surface area (Å²) in [4.78, 5) is 28.4. The van der Waals surface area contributed by atoms with E-state index in [2.05, 4.69) is 10.3 Å². The molecule has 30 heavy (non-hydrogen) atoms. The highest BCUT2D eigenvalue weighted by Gasteiger charge is 2.16. The van der Waals surface area contributed by atoms with E-state index in [4.69, 9.17) is 19.9 Å². The summed E-state index contributed by atoms with van der Waals surface area (Å²) in [7, 11) is 4.50. The van der Waals surface area contributed by atoms with Crippen LogP contribution in [0.1, 0.15) is 20.8 Å². The molecule has 0 spiro atoms. The zero-order valence-electron chi connectivity index (χ0n) is 16.8. The van der Waals surface area contributed by atoms with Gasteiger partial charge in [0.15, 0.2) is 11.5 Å². The third-order valence-corrected chi connectivity index (χ3v) is 4.37. The smallest absolute Gasteiger partial charge is 0.274 e. The zero-order valence-corrected chi connectivity index (χ0v) is 16.8. The van der Waals surface area contributed by atoms with Gasteiger partial charge in [0.2, 0.25) is 11.7 Å². The summed E-state index contributed by atoms with van der Waals surface area (Å²) < 4.78 is 15.9. The van der Waals surface area contributed by atoms with Crippen LogP contribution in [0.2, 0.25) is 0 Å². The number of pyridine rings is 1. The molecule has 1 heterocycles. The Morgan fingerprint density at radius 2 is 1.53 bits per heavy atom. The van der Waals surface area contributed by atoms with Gasteiger partial charge in [-0.15, -0.1) is 0 Å². The van der Waals surface area contributed by atoms with Gasteiger partial charge in [0.25, 0.3) is 5.91 Å². The Morgan fingerprint density at radius 1 is 0.900 bits per heavy atom. The highest BCUT2D eigenvalue weighted by molar-refractivity contribution is 6.03. The van der Waals surface area contributed by atoms with Gasteiger partial charge in [-0.25, -0.2) is 4.98 Å². The van der Waals surface area contributed by atoms with Crippen molar-refractivity contribution in [1.29, 1.82) is 0 Å². The summed E-state index contributed by atoms with van der Waals surface area (Å²) >= 11 is 0. The van der Waals surface area contributed by atoms with Crippen molar-refractivity contribution in [3.05, 3.63) is 65.9 Å². The van der Waals surface area contributed by atoms with Gasteiger partial charge < -0.3 is 25.3 Å². The van der Waals surface area contributed by atoms with Crippen molar-refractivity contribution < 1.29 is 23.8 Å². The van der Waals surface area contributed by atoms with E-state index < -0.39 is 11.8 Å². The lowest BCUT2D eigenvalue weighted by Crippen LogP contribution is -2.14. The molecule has 1 aromatic heterocycles. The number of anilines is 1. The van der Waals surface area contributed by atoms with Gasteiger partial charge in [0.05, 0.1) is 27.0 Å². The lowest BCUT2D eigenvalue weighted by atomic mass is 10.1. The Morgan fingerprint density at radius 3 is 2.07 bits per heavy atom. The van der Waals surface area contributed by atoms with E-state index in [-0.39, 0.29) is 5.69 Å². The molecule has 2 amide bonds. The minimum atomic E-state index is -0.506. The van der Waals surface area contributed by atoms with Gasteiger partial charge in [-0.1, -0.05) is 18.2 Å². The fourth-order valence-corrected chi connectivity index (χ4v) is 2.88. The third kappa shape index (κ3) is 4.33. The molecule has 0 aliphatic heterocycles. The molecule has 3 aromatic rings. The summed E-state index contributed by atoms with van der Waals surface area (Å²) in [6.45, 7) is 0. The number of nitrogens with zero attached hydrogens (tertiary/aromatic N) is 1. The van der Waals surface area contributed by atoms with Crippen molar-refractivity contribution in [2.45, 2.75) is 0 Å². The predicted molar refractivity (Wildman–Crippen MR) is 112 cm³/mol. The normalized spacial score (nSPS) is 10.2. The quantitative estimate of drug-likeness (QED) is 0.622. The molecule has 8 heteroatoms. The van der Waals surface area contributed by atoms with Gasteiger partial charge in [-0.05, 0) is 24.3 Å². The third-order valence-electron chi connectivity index (χ3n) is 4.37. The minimum absolute atomic E-state index is 0.222. The molecule has 0 atom stereocenters. The summed E-state index contributed by atoms with van der Waals surface area (Å²) in [6.07, 6.45) is 0. The Kier molecular flexibility index (Phi) is 6.17. The first-order valence-electron chi connectivity index (χ1n) is 8.95. The molecule has 0 bridgehead atoms. The first-order valence-corrected chi connectivity index (χ1v) is 8.95. The molecule has 3 N–H and O–H groups in total. The minimum Gasteiger partial charge on any atom is -0.493 e. The molecule has 0 aliphatic carbocycles. The number of nitrogens with two attached hydrogens (primary N) is 1. The van der Waals surface area contributed by atoms with E-state index in [1.807, 2.05) is 0 Å². The van der Waals surface area contributed by atoms with Gasteiger partial charge in [0.1, 0.15) is 5.69 Å². The summed E-state index contributed by atoms with van der Waals surface area (Å²) in [5, 5.41) is 2.78. The maximum Gasteiger partial charge on any atom is 0.274 e. The molecule has 3 rings (SSSR count). The number of aromatic nitrogens is 1. The topological polar surface area (TPSA) is 113 Å². The van der Waals surface area contributed by atoms with Gasteiger partial charge in [0, 0.05) is 28.9 Å². The molecule has 0 saturated heterocycles. The van der Waals surface area contributed by atoms with Crippen molar-refractivity contribution in [2.75, 3.05) is 26.6 Å². The number of benzene rings is 2. The van der Waals surface area contributed by atoms with E-state index >= 15 is 0 Å². The number of amides is 2. The van der Waals surface area contributed by atoms with Gasteiger partial charge in [-0.2, -0.15) is 0 Å². The molecule has 0 radical (unpaired) electrons. The zero-order chi connectivity index (χ0) is 21.7. The SMILES string of the molecule is COc1cc(NC(=O)c2cccc(-c3ccc(C(N)=O)cc3)n2)cc(OC)c1OC. The van der Waals surface area contributed by atoms with Crippen LogP contribution in [-0.4, -0.2) is 38.1 Å². The fraction of sp³-hybridized carbons (Fsp3) is 0.136. The maximum atomic E-state index is 12.7. The average Bonchev–Trinajstić information content (AvgIpc) is 2.78. The van der Waals surface area contributed by atoms with Crippen molar-refractivity contribution in [2.24, 2.45) is 5.73 Å². The number of methoxy groups -OCH3 is 3. The number of hydrogen-bond acceptors (Lipinski definition) is 6. The van der Waals surface area contributed by atoms with Crippen LogP contribution in [-0.2, 0) is 0 Å². The monoisotopic (exact) mass is 407 g/mol. The lowest BCUT2D eigenvalue weighted by Gasteiger charge is -2.14. The van der Waals surface area contributed by atoms with Crippen LogP contribution in [0.15, 0.2) is 54.6 Å². The second-order valence-electron chi connectivity index (χ2n) is 6.22. The lowest BCUT2D eigenvalue weighted by molar-refractivity contribution is 0.0997. The number of hydrogen-bond donors (Lipinski definition) is 2. The second-order valence-corrected chi connectivity index (χ2v) is 6.22. The first kappa shape index (κ1) is 20.7. The molecule has 0 aliphatic rings. The number of rotatable bonds is 7. The van der Waals surface area contributed by atoms with Gasteiger partial charge >= 0.3 is 0 Å². The molecule has 0 unspecified atom stereocenters. The number of carbonyl (C=O) groups excluding carboxylic acids is 2. The van der Waals surface area contributed by atoms with Crippen LogP contribution in [0.3, 0.4) is 0 Å². The van der Waals surface area contributed by atoms with Gasteiger partial charge in [-0.3, -0.25) is 9.59 Å². The highest BCUT2D eigenvalue weighted by atomic mass is 16.5. The Bertz CT molecular complexity index is 1060. The van der Waals surface area contributed by atoms with Crippen LogP contribution >= 0.6 is 0 Å². The summed E-state index contributed by atoms with van der Waals surface area (Å²) in [5.74, 6) is 0.359. The van der Waals surface area contributed by atoms with Crippen LogP contribution < -0.4 is 25.3 Å². The molecular formula is C22H21N3O5. The van der Waals surface area contributed by atoms with Crippen molar-refractivity contribution in [1.82, 2.24) is 4.98 Å². The van der Waals surface area contributed by atoms with E-state index in [0.29, 0.717) is 34.2 Å². The first-order chi connectivity index (χ1) is 14.5. The highest BCUT2D eigenvalue weighted by Crippen LogP contribution is 2.40. The molecule has 8 nitrogen and oxygen atoms in total. The average molecular weight is 407 g/mol. The maximum absolute atomic E-state index is 12.7. The summed E-state index contributed by atoms with van der Waals surface area (Å²) in [5.41, 5.74) is 7.69. The molecule has 154 valence electrons. The van der Waals surface area contributed by atoms with Crippen LogP contribution in [0, 0.1) is 0 Å². The predicted octanol–water partition coefficient (Wildman–Crippen LogP) is 3.13. The van der Waals surface area contributed by atoms with Crippen LogP contribution in [0.25, 0.3) is 11.3 Å². The Hall–Kier alpha value is -4.07. The second kappa shape index (κ2) is 8.95. The van der Waals surface area contributed by atoms with Crippen molar-refractivity contribution in [3.63, 3.8) is 0 Å². The largest absolute Gasteiger partial charge is 0.493 e. The van der Waals surface area contributed by atoms with Crippen LogP contribution in [0.4, 0.5) is 5.69 Å². The van der Waals surface area contributed by atoms with Crippen LogP contribution in [0.5, 0.6) is 17.2 Å². The number of primary amides is 1. The molecular weight excluding hydrogens is 386 g/mol. The fourth-order valence-electron chi connectivity index (χ4n) is 2.88. The molecule has 2 aromatic carbocycles. The number of carbonyl (C=O) groups is 2. The Balaban J connectivity index is 1.86. The van der Waals surface area contributed by atoms with E-state index in [0.717, 1.165) is 5.56 Å². The van der Waals surface area contributed by atoms with Crippen molar-refractivity contribution in [3.8, 4) is 28.5 Å². The standard InChI is InChI=1S/C22H21N3O5/c1-28-18-11-15(12-19(29-2)20(18)30-3)24-22(27)17-6-4-5-16(25-17)13-7-9-14(10-8-13)21(23)26/h4-12H,1-3H3,(H2,23,26)(H,24,27). The molecule has 0 fully saturated rings. The van der Waals surface area contributed by atoms with Crippen molar-refractivity contribution >= 4 is 17.5 Å². The van der Waals surface area contributed by atoms with E-state index in [9.17, 15) is 9.59 Å².